The molecule has 0 heterocycles. The molecule has 0 rings (SSSR count). The number of carbonyl (C=O) groups excluding carboxylic acids is 2. The molecule has 6 heteroatoms. The Labute approximate surface area is 95.4 Å². The molecule has 0 saturated heterocycles. The molecule has 0 aliphatic carbocycles. The van der Waals surface area contributed by atoms with Crippen molar-refractivity contribution in [1.29, 1.82) is 0 Å². The van der Waals surface area contributed by atoms with E-state index in [0.717, 1.165) is 0 Å². The van der Waals surface area contributed by atoms with Crippen LogP contribution < -0.4 is 10.6 Å². The van der Waals surface area contributed by atoms with Gasteiger partial charge in [-0.2, -0.15) is 0 Å². The molecule has 0 aromatic rings. The topological polar surface area (TPSA) is 87.7 Å². The van der Waals surface area contributed by atoms with Crippen LogP contribution in [0.2, 0.25) is 0 Å². The van der Waals surface area contributed by atoms with E-state index >= 15 is 0 Å². The summed E-state index contributed by atoms with van der Waals surface area (Å²) in [6, 6.07) is -0.732. The summed E-state index contributed by atoms with van der Waals surface area (Å²) in [5.41, 5.74) is -0.864. The smallest absolute Gasteiger partial charge is 0.329 e. The summed E-state index contributed by atoms with van der Waals surface area (Å²) in [7, 11) is 1.26. The fourth-order valence-corrected chi connectivity index (χ4v) is 1.10. The van der Waals surface area contributed by atoms with Gasteiger partial charge in [-0.15, -0.1) is 0 Å². The van der Waals surface area contributed by atoms with E-state index in [9.17, 15) is 14.7 Å². The second kappa shape index (κ2) is 6.44. The van der Waals surface area contributed by atoms with E-state index in [2.05, 4.69) is 15.4 Å². The molecular weight excluding hydrogens is 212 g/mol. The van der Waals surface area contributed by atoms with E-state index in [1.807, 2.05) is 0 Å². The number of hydrogen-bond donors (Lipinski definition) is 3. The van der Waals surface area contributed by atoms with Crippen molar-refractivity contribution in [2.75, 3.05) is 20.2 Å². The van der Waals surface area contributed by atoms with Crippen LogP contribution in [-0.4, -0.2) is 48.8 Å². The third-order valence-electron chi connectivity index (χ3n) is 1.77. The summed E-state index contributed by atoms with van der Waals surface area (Å²) in [5.74, 6) is -0.820. The molecule has 0 radical (unpaired) electrons. The average molecular weight is 232 g/mol. The predicted molar refractivity (Wildman–Crippen MR) is 58.8 cm³/mol. The summed E-state index contributed by atoms with van der Waals surface area (Å²) in [4.78, 5) is 22.1. The fraction of sp³-hybridized carbons (Fsp3) is 0.800. The van der Waals surface area contributed by atoms with Gasteiger partial charge in [0.15, 0.2) is 0 Å². The van der Waals surface area contributed by atoms with Crippen LogP contribution in [-0.2, 0) is 14.3 Å². The molecule has 16 heavy (non-hydrogen) atoms. The Bertz CT molecular complexity index is 248. The second-order valence-electron chi connectivity index (χ2n) is 4.22. The maximum atomic E-state index is 11.3. The normalized spacial score (nSPS) is 13.1. The number of methoxy groups -OCH3 is 1. The Morgan fingerprint density at radius 1 is 1.44 bits per heavy atom. The average Bonchev–Trinajstić information content (AvgIpc) is 2.12. The zero-order valence-electron chi connectivity index (χ0n) is 10.2. The number of nitrogens with one attached hydrogen (secondary N) is 2. The molecule has 0 spiro atoms. The van der Waals surface area contributed by atoms with Crippen LogP contribution in [0.25, 0.3) is 0 Å². The lowest BCUT2D eigenvalue weighted by molar-refractivity contribution is -0.144. The van der Waals surface area contributed by atoms with Crippen LogP contribution in [0.15, 0.2) is 0 Å². The van der Waals surface area contributed by atoms with Gasteiger partial charge in [-0.05, 0) is 13.8 Å². The molecule has 1 atom stereocenters. The van der Waals surface area contributed by atoms with Gasteiger partial charge < -0.3 is 20.5 Å². The number of carbonyl (C=O) groups is 2. The van der Waals surface area contributed by atoms with Gasteiger partial charge in [0.05, 0.1) is 12.7 Å². The Kier molecular flexibility index (Phi) is 5.98. The number of aliphatic hydroxyl groups is 1. The zero-order chi connectivity index (χ0) is 12.8. The lowest BCUT2D eigenvalue weighted by atomic mass is 10.1. The number of rotatable bonds is 6. The van der Waals surface area contributed by atoms with E-state index in [1.165, 1.54) is 14.0 Å². The second-order valence-corrected chi connectivity index (χ2v) is 4.22. The van der Waals surface area contributed by atoms with Gasteiger partial charge in [0.2, 0.25) is 5.91 Å². The highest BCUT2D eigenvalue weighted by molar-refractivity contribution is 5.83. The SMILES string of the molecule is COC(=O)C(CNCC(C)(C)O)NC(C)=O. The first kappa shape index (κ1) is 14.9. The van der Waals surface area contributed by atoms with E-state index < -0.39 is 17.6 Å². The lowest BCUT2D eigenvalue weighted by Crippen LogP contribution is -2.49. The summed E-state index contributed by atoms with van der Waals surface area (Å²) in [5, 5.41) is 14.8. The first-order valence-corrected chi connectivity index (χ1v) is 5.04. The van der Waals surface area contributed by atoms with Crippen molar-refractivity contribution in [1.82, 2.24) is 10.6 Å². The molecule has 6 nitrogen and oxygen atoms in total. The van der Waals surface area contributed by atoms with E-state index in [1.54, 1.807) is 13.8 Å². The molecule has 0 aliphatic rings. The summed E-state index contributed by atoms with van der Waals surface area (Å²) >= 11 is 0. The number of amides is 1. The van der Waals surface area contributed by atoms with Crippen molar-refractivity contribution in [2.24, 2.45) is 0 Å². The molecule has 0 fully saturated rings. The summed E-state index contributed by atoms with van der Waals surface area (Å²) in [6.45, 7) is 5.15. The lowest BCUT2D eigenvalue weighted by Gasteiger charge is -2.21. The molecule has 0 aliphatic heterocycles. The van der Waals surface area contributed by atoms with Crippen molar-refractivity contribution < 1.29 is 19.4 Å². The fourth-order valence-electron chi connectivity index (χ4n) is 1.10. The molecule has 0 aromatic carbocycles. The Morgan fingerprint density at radius 2 is 2.00 bits per heavy atom. The van der Waals surface area contributed by atoms with Crippen molar-refractivity contribution in [3.8, 4) is 0 Å². The minimum atomic E-state index is -0.864. The number of ether oxygens (including phenoxy) is 1. The molecule has 0 saturated carbocycles. The quantitative estimate of drug-likeness (QED) is 0.513. The van der Waals surface area contributed by atoms with Crippen molar-refractivity contribution in [2.45, 2.75) is 32.4 Å². The van der Waals surface area contributed by atoms with Gasteiger partial charge in [0.25, 0.3) is 0 Å². The highest BCUT2D eigenvalue weighted by Crippen LogP contribution is 1.97. The number of hydrogen-bond acceptors (Lipinski definition) is 5. The Hall–Kier alpha value is -1.14. The van der Waals surface area contributed by atoms with E-state index in [-0.39, 0.29) is 12.5 Å². The van der Waals surface area contributed by atoms with E-state index in [0.29, 0.717) is 6.54 Å². The first-order chi connectivity index (χ1) is 7.26. The largest absolute Gasteiger partial charge is 0.467 e. The third-order valence-corrected chi connectivity index (χ3v) is 1.77. The maximum absolute atomic E-state index is 11.3. The summed E-state index contributed by atoms with van der Waals surface area (Å²) < 4.78 is 4.54. The predicted octanol–water partition coefficient (Wildman–Crippen LogP) is -0.975. The monoisotopic (exact) mass is 232 g/mol. The molecule has 3 N–H and O–H groups in total. The minimum absolute atomic E-state index is 0.218. The van der Waals surface area contributed by atoms with Gasteiger partial charge in [-0.1, -0.05) is 0 Å². The Morgan fingerprint density at radius 3 is 2.38 bits per heavy atom. The molecule has 0 aromatic heterocycles. The highest BCUT2D eigenvalue weighted by Gasteiger charge is 2.21. The van der Waals surface area contributed by atoms with Crippen LogP contribution in [0.5, 0.6) is 0 Å². The number of esters is 1. The minimum Gasteiger partial charge on any atom is -0.467 e. The van der Waals surface area contributed by atoms with Crippen LogP contribution in [0.4, 0.5) is 0 Å². The van der Waals surface area contributed by atoms with Crippen molar-refractivity contribution in [3.63, 3.8) is 0 Å². The van der Waals surface area contributed by atoms with Crippen molar-refractivity contribution >= 4 is 11.9 Å². The highest BCUT2D eigenvalue weighted by atomic mass is 16.5. The van der Waals surface area contributed by atoms with Gasteiger partial charge in [0.1, 0.15) is 6.04 Å². The van der Waals surface area contributed by atoms with Crippen LogP contribution >= 0.6 is 0 Å². The van der Waals surface area contributed by atoms with Crippen LogP contribution in [0.1, 0.15) is 20.8 Å². The van der Waals surface area contributed by atoms with Gasteiger partial charge >= 0.3 is 5.97 Å². The molecular formula is C10H20N2O4. The molecule has 1 amide bonds. The molecule has 1 unspecified atom stereocenters. The molecule has 94 valence electrons. The van der Waals surface area contributed by atoms with E-state index in [4.69, 9.17) is 0 Å². The molecule has 0 bridgehead atoms. The van der Waals surface area contributed by atoms with Gasteiger partial charge in [-0.3, -0.25) is 4.79 Å². The van der Waals surface area contributed by atoms with Crippen LogP contribution in [0, 0.1) is 0 Å². The van der Waals surface area contributed by atoms with Crippen molar-refractivity contribution in [3.05, 3.63) is 0 Å². The third kappa shape index (κ3) is 7.19. The summed E-state index contributed by atoms with van der Waals surface area (Å²) in [6.07, 6.45) is 0. The zero-order valence-corrected chi connectivity index (χ0v) is 10.2. The van der Waals surface area contributed by atoms with Gasteiger partial charge in [-0.25, -0.2) is 4.79 Å². The standard InChI is InChI=1S/C10H20N2O4/c1-7(13)12-8(9(14)16-4)5-11-6-10(2,3)15/h8,11,15H,5-6H2,1-4H3,(H,12,13). The Balaban J connectivity index is 4.12. The first-order valence-electron chi connectivity index (χ1n) is 5.04. The van der Waals surface area contributed by atoms with Crippen LogP contribution in [0.3, 0.4) is 0 Å². The van der Waals surface area contributed by atoms with Gasteiger partial charge in [0, 0.05) is 20.0 Å². The maximum Gasteiger partial charge on any atom is 0.329 e.